The molecule has 0 aliphatic heterocycles. The molecule has 0 aliphatic rings. The van der Waals surface area contributed by atoms with Crippen LogP contribution in [0.3, 0.4) is 0 Å². The molecule has 0 unspecified atom stereocenters. The van der Waals surface area contributed by atoms with Gasteiger partial charge in [0.1, 0.15) is 0 Å². The monoisotopic (exact) mass is 241 g/mol. The molecule has 0 amide bonds. The maximum atomic E-state index is 10.7. The highest BCUT2D eigenvalue weighted by Crippen LogP contribution is 2.24. The standard InChI is InChI=1S/C10H12ClN3O2/c1-7(2)3-4-12-10-9(14(15)16)5-8(11)6-13-10/h3,5-6H,4H2,1-2H3,(H,12,13). The summed E-state index contributed by atoms with van der Waals surface area (Å²) < 4.78 is 0. The van der Waals surface area contributed by atoms with Crippen molar-refractivity contribution in [2.45, 2.75) is 13.8 Å². The normalized spacial score (nSPS) is 9.69. The van der Waals surface area contributed by atoms with Crippen molar-refractivity contribution in [2.24, 2.45) is 0 Å². The van der Waals surface area contributed by atoms with Gasteiger partial charge in [0.05, 0.1) is 9.95 Å². The summed E-state index contributed by atoms with van der Waals surface area (Å²) in [4.78, 5) is 14.1. The van der Waals surface area contributed by atoms with E-state index in [0.717, 1.165) is 5.57 Å². The number of allylic oxidation sites excluding steroid dienone is 1. The van der Waals surface area contributed by atoms with Gasteiger partial charge in [-0.3, -0.25) is 10.1 Å². The van der Waals surface area contributed by atoms with Crippen LogP contribution in [0.1, 0.15) is 13.8 Å². The Balaban J connectivity index is 2.87. The average Bonchev–Trinajstić information content (AvgIpc) is 2.19. The van der Waals surface area contributed by atoms with Gasteiger partial charge < -0.3 is 5.32 Å². The predicted octanol–water partition coefficient (Wildman–Crippen LogP) is 3.02. The third-order valence-corrected chi connectivity index (χ3v) is 2.02. The van der Waals surface area contributed by atoms with Gasteiger partial charge in [0, 0.05) is 18.8 Å². The zero-order chi connectivity index (χ0) is 12.1. The van der Waals surface area contributed by atoms with E-state index in [1.165, 1.54) is 12.3 Å². The van der Waals surface area contributed by atoms with Crippen LogP contribution >= 0.6 is 11.6 Å². The van der Waals surface area contributed by atoms with Crippen LogP contribution in [0.5, 0.6) is 0 Å². The van der Waals surface area contributed by atoms with Crippen LogP contribution < -0.4 is 5.32 Å². The van der Waals surface area contributed by atoms with E-state index in [0.29, 0.717) is 6.54 Å². The topological polar surface area (TPSA) is 68.1 Å². The Hall–Kier alpha value is -1.62. The van der Waals surface area contributed by atoms with Crippen LogP contribution in [0.4, 0.5) is 11.5 Å². The van der Waals surface area contributed by atoms with Gasteiger partial charge in [-0.1, -0.05) is 23.3 Å². The van der Waals surface area contributed by atoms with Gasteiger partial charge in [-0.2, -0.15) is 0 Å². The van der Waals surface area contributed by atoms with E-state index in [4.69, 9.17) is 11.6 Å². The highest BCUT2D eigenvalue weighted by molar-refractivity contribution is 6.30. The molecule has 16 heavy (non-hydrogen) atoms. The summed E-state index contributed by atoms with van der Waals surface area (Å²) in [5, 5.41) is 13.8. The predicted molar refractivity (Wildman–Crippen MR) is 63.8 cm³/mol. The molecule has 0 spiro atoms. The summed E-state index contributed by atoms with van der Waals surface area (Å²) in [6.07, 6.45) is 3.29. The van der Waals surface area contributed by atoms with Gasteiger partial charge in [0.15, 0.2) is 0 Å². The fourth-order valence-corrected chi connectivity index (χ4v) is 1.21. The molecule has 5 nitrogen and oxygen atoms in total. The number of rotatable bonds is 4. The molecule has 6 heteroatoms. The SMILES string of the molecule is CC(C)=CCNc1ncc(Cl)cc1[N+](=O)[O-]. The summed E-state index contributed by atoms with van der Waals surface area (Å²) in [6.45, 7) is 4.40. The van der Waals surface area contributed by atoms with Gasteiger partial charge >= 0.3 is 5.69 Å². The molecule has 0 saturated heterocycles. The van der Waals surface area contributed by atoms with Gasteiger partial charge in [-0.15, -0.1) is 0 Å². The number of hydrogen-bond donors (Lipinski definition) is 1. The molecule has 86 valence electrons. The van der Waals surface area contributed by atoms with E-state index in [-0.39, 0.29) is 16.5 Å². The number of nitrogens with zero attached hydrogens (tertiary/aromatic N) is 2. The zero-order valence-corrected chi connectivity index (χ0v) is 9.78. The fraction of sp³-hybridized carbons (Fsp3) is 0.300. The van der Waals surface area contributed by atoms with E-state index in [9.17, 15) is 10.1 Å². The number of pyridine rings is 1. The van der Waals surface area contributed by atoms with Crippen molar-refractivity contribution in [1.82, 2.24) is 4.98 Å². The second-order valence-corrected chi connectivity index (χ2v) is 3.88. The molecular weight excluding hydrogens is 230 g/mol. The Labute approximate surface area is 98.3 Å². The van der Waals surface area contributed by atoms with Crippen molar-refractivity contribution in [3.8, 4) is 0 Å². The smallest absolute Gasteiger partial charge is 0.312 e. The van der Waals surface area contributed by atoms with Crippen LogP contribution in [-0.2, 0) is 0 Å². The fourth-order valence-electron chi connectivity index (χ4n) is 1.06. The first kappa shape index (κ1) is 12.4. The second kappa shape index (κ2) is 5.46. The van der Waals surface area contributed by atoms with Gasteiger partial charge in [-0.05, 0) is 13.8 Å². The number of halogens is 1. The quantitative estimate of drug-likeness (QED) is 0.500. The minimum atomic E-state index is -0.510. The highest BCUT2D eigenvalue weighted by Gasteiger charge is 2.14. The largest absolute Gasteiger partial charge is 0.361 e. The molecule has 1 rings (SSSR count). The summed E-state index contributed by atoms with van der Waals surface area (Å²) >= 11 is 5.64. The Morgan fingerprint density at radius 2 is 2.38 bits per heavy atom. The molecule has 0 saturated carbocycles. The Bertz CT molecular complexity index is 428. The van der Waals surface area contributed by atoms with Gasteiger partial charge in [0.2, 0.25) is 5.82 Å². The maximum absolute atomic E-state index is 10.7. The van der Waals surface area contributed by atoms with E-state index in [1.54, 1.807) is 0 Å². The van der Waals surface area contributed by atoms with Crippen LogP contribution in [0, 0.1) is 10.1 Å². The number of anilines is 1. The second-order valence-electron chi connectivity index (χ2n) is 3.44. The number of nitrogens with one attached hydrogen (secondary N) is 1. The van der Waals surface area contributed by atoms with E-state index < -0.39 is 4.92 Å². The minimum Gasteiger partial charge on any atom is -0.361 e. The van der Waals surface area contributed by atoms with E-state index in [1.807, 2.05) is 19.9 Å². The van der Waals surface area contributed by atoms with Crippen LogP contribution in [0.25, 0.3) is 0 Å². The minimum absolute atomic E-state index is 0.116. The first-order chi connectivity index (χ1) is 7.50. The lowest BCUT2D eigenvalue weighted by Crippen LogP contribution is -2.04. The summed E-state index contributed by atoms with van der Waals surface area (Å²) in [6, 6.07) is 1.28. The summed E-state index contributed by atoms with van der Waals surface area (Å²) in [5.74, 6) is 0.229. The molecule has 1 aromatic heterocycles. The Morgan fingerprint density at radius 3 is 2.94 bits per heavy atom. The number of nitro groups is 1. The van der Waals surface area contributed by atoms with Crippen molar-refractivity contribution in [2.75, 3.05) is 11.9 Å². The summed E-state index contributed by atoms with van der Waals surface area (Å²) in [7, 11) is 0. The molecule has 0 aliphatic carbocycles. The first-order valence-corrected chi connectivity index (χ1v) is 5.05. The van der Waals surface area contributed by atoms with Gasteiger partial charge in [0.25, 0.3) is 0 Å². The molecule has 1 heterocycles. The van der Waals surface area contributed by atoms with Crippen LogP contribution in [0.2, 0.25) is 5.02 Å². The Morgan fingerprint density at radius 1 is 1.69 bits per heavy atom. The molecule has 0 atom stereocenters. The lowest BCUT2D eigenvalue weighted by atomic mass is 10.3. The van der Waals surface area contributed by atoms with E-state index >= 15 is 0 Å². The highest BCUT2D eigenvalue weighted by atomic mass is 35.5. The van der Waals surface area contributed by atoms with E-state index in [2.05, 4.69) is 10.3 Å². The lowest BCUT2D eigenvalue weighted by Gasteiger charge is -2.03. The van der Waals surface area contributed by atoms with Crippen molar-refractivity contribution in [3.63, 3.8) is 0 Å². The third kappa shape index (κ3) is 3.51. The maximum Gasteiger partial charge on any atom is 0.312 e. The molecular formula is C10H12ClN3O2. The zero-order valence-electron chi connectivity index (χ0n) is 9.03. The molecule has 1 N–H and O–H groups in total. The van der Waals surface area contributed by atoms with Crippen molar-refractivity contribution < 1.29 is 4.92 Å². The van der Waals surface area contributed by atoms with Gasteiger partial charge in [-0.25, -0.2) is 4.98 Å². The molecule has 0 aromatic carbocycles. The summed E-state index contributed by atoms with van der Waals surface area (Å²) in [5.41, 5.74) is 1.01. The molecule has 1 aromatic rings. The first-order valence-electron chi connectivity index (χ1n) is 4.68. The van der Waals surface area contributed by atoms with Crippen molar-refractivity contribution >= 4 is 23.1 Å². The Kier molecular flexibility index (Phi) is 4.25. The number of aromatic nitrogens is 1. The third-order valence-electron chi connectivity index (χ3n) is 1.81. The number of hydrogen-bond acceptors (Lipinski definition) is 4. The molecule has 0 radical (unpaired) electrons. The molecule has 0 bridgehead atoms. The van der Waals surface area contributed by atoms with Crippen molar-refractivity contribution in [1.29, 1.82) is 0 Å². The van der Waals surface area contributed by atoms with Crippen LogP contribution in [-0.4, -0.2) is 16.5 Å². The average molecular weight is 242 g/mol. The molecule has 0 fully saturated rings. The van der Waals surface area contributed by atoms with Crippen LogP contribution in [0.15, 0.2) is 23.9 Å². The van der Waals surface area contributed by atoms with Crippen molar-refractivity contribution in [3.05, 3.63) is 39.0 Å². The lowest BCUT2D eigenvalue weighted by molar-refractivity contribution is -0.384.